The molecule has 0 aliphatic rings. The number of carboxylic acid groups (broad SMARTS) is 1. The van der Waals surface area contributed by atoms with Crippen molar-refractivity contribution in [3.05, 3.63) is 53.6 Å². The zero-order valence-electron chi connectivity index (χ0n) is 11.3. The van der Waals surface area contributed by atoms with Crippen molar-refractivity contribution in [1.29, 1.82) is 0 Å². The molecule has 0 bridgehead atoms. The van der Waals surface area contributed by atoms with Crippen molar-refractivity contribution in [2.45, 2.75) is 12.8 Å². The number of benzene rings is 2. The highest BCUT2D eigenvalue weighted by atomic mass is 16.5. The van der Waals surface area contributed by atoms with Crippen LogP contribution in [0.1, 0.15) is 22.3 Å². The average Bonchev–Trinajstić information content (AvgIpc) is 2.47. The summed E-state index contributed by atoms with van der Waals surface area (Å²) in [5, 5.41) is 28.5. The molecule has 2 aromatic rings. The van der Waals surface area contributed by atoms with E-state index in [2.05, 4.69) is 0 Å². The molecule has 0 saturated heterocycles. The molecule has 0 fully saturated rings. The fraction of sp³-hybridized carbons (Fsp3) is 0.188. The van der Waals surface area contributed by atoms with E-state index in [0.717, 1.165) is 5.75 Å². The second-order valence-corrected chi connectivity index (χ2v) is 4.53. The van der Waals surface area contributed by atoms with E-state index < -0.39 is 5.97 Å². The predicted octanol–water partition coefficient (Wildman–Crippen LogP) is 2.81. The third-order valence-corrected chi connectivity index (χ3v) is 3.07. The van der Waals surface area contributed by atoms with Crippen molar-refractivity contribution in [2.24, 2.45) is 0 Å². The number of para-hydroxylation sites is 1. The topological polar surface area (TPSA) is 87.0 Å². The number of rotatable bonds is 6. The summed E-state index contributed by atoms with van der Waals surface area (Å²) in [6.07, 6.45) is 0.866. The predicted molar refractivity (Wildman–Crippen MR) is 77.0 cm³/mol. The number of carbonyl (C=O) groups is 1. The molecule has 0 aliphatic heterocycles. The number of phenolic OH excluding ortho intramolecular Hbond substituents is 1. The Morgan fingerprint density at radius 1 is 1.05 bits per heavy atom. The lowest BCUT2D eigenvalue weighted by Crippen LogP contribution is -2.02. The van der Waals surface area contributed by atoms with Gasteiger partial charge in [0, 0.05) is 5.56 Å². The Kier molecular flexibility index (Phi) is 4.66. The monoisotopic (exact) mass is 288 g/mol. The minimum Gasteiger partial charge on any atom is -0.508 e. The van der Waals surface area contributed by atoms with Gasteiger partial charge in [-0.3, -0.25) is 0 Å². The molecule has 3 N–H and O–H groups in total. The second kappa shape index (κ2) is 6.65. The van der Waals surface area contributed by atoms with Crippen LogP contribution in [0.15, 0.2) is 42.5 Å². The highest BCUT2D eigenvalue weighted by molar-refractivity contribution is 5.91. The molecule has 0 aliphatic carbocycles. The van der Waals surface area contributed by atoms with Crippen molar-refractivity contribution in [2.75, 3.05) is 6.61 Å². The van der Waals surface area contributed by atoms with E-state index in [1.807, 2.05) is 30.3 Å². The highest BCUT2D eigenvalue weighted by Gasteiger charge is 2.16. The first kappa shape index (κ1) is 14.7. The largest absolute Gasteiger partial charge is 0.508 e. The summed E-state index contributed by atoms with van der Waals surface area (Å²) in [5.41, 5.74) is 0.0124. The summed E-state index contributed by atoms with van der Waals surface area (Å²) in [6, 6.07) is 11.7. The molecule has 0 saturated carbocycles. The number of hydrogen-bond donors (Lipinski definition) is 3. The van der Waals surface area contributed by atoms with Gasteiger partial charge in [-0.05, 0) is 37.1 Å². The van der Waals surface area contributed by atoms with E-state index in [1.165, 1.54) is 12.1 Å². The van der Waals surface area contributed by atoms with Crippen molar-refractivity contribution in [3.63, 3.8) is 0 Å². The Morgan fingerprint density at radius 2 is 1.76 bits per heavy atom. The molecule has 2 aromatic carbocycles. The zero-order valence-corrected chi connectivity index (χ0v) is 11.3. The minimum absolute atomic E-state index is 0.114. The molecule has 0 amide bonds. The highest BCUT2D eigenvalue weighted by Crippen LogP contribution is 2.31. The summed E-state index contributed by atoms with van der Waals surface area (Å²) >= 11 is 0. The van der Waals surface area contributed by atoms with Crippen LogP contribution in [0, 0.1) is 0 Å². The lowest BCUT2D eigenvalue weighted by atomic mass is 10.0. The smallest absolute Gasteiger partial charge is 0.339 e. The summed E-state index contributed by atoms with van der Waals surface area (Å²) in [5.74, 6) is -0.987. The van der Waals surface area contributed by atoms with Crippen LogP contribution in [0.5, 0.6) is 17.2 Å². The Labute approximate surface area is 122 Å². The summed E-state index contributed by atoms with van der Waals surface area (Å²) in [6.45, 7) is 0.403. The average molecular weight is 288 g/mol. The van der Waals surface area contributed by atoms with Crippen LogP contribution in [0.4, 0.5) is 0 Å². The maximum atomic E-state index is 10.9. The van der Waals surface area contributed by atoms with Gasteiger partial charge >= 0.3 is 5.97 Å². The molecule has 110 valence electrons. The Bertz CT molecular complexity index is 622. The normalized spacial score (nSPS) is 10.3. The fourth-order valence-electron chi connectivity index (χ4n) is 2.00. The van der Waals surface area contributed by atoms with Crippen LogP contribution in [-0.2, 0) is 6.42 Å². The van der Waals surface area contributed by atoms with Gasteiger partial charge in [-0.15, -0.1) is 0 Å². The Balaban J connectivity index is 1.97. The standard InChI is InChI=1S/C16H16O5/c17-14-9-8-13(16(19)20)15(18)12(14)7-4-10-21-11-5-2-1-3-6-11/h1-3,5-6,8-9,17-18H,4,7,10H2,(H,19,20). The molecule has 2 rings (SSSR count). The fourth-order valence-corrected chi connectivity index (χ4v) is 2.00. The van der Waals surface area contributed by atoms with Crippen LogP contribution in [0.25, 0.3) is 0 Å². The first-order chi connectivity index (χ1) is 10.1. The number of phenols is 2. The zero-order chi connectivity index (χ0) is 15.2. The Morgan fingerprint density at radius 3 is 2.43 bits per heavy atom. The molecule has 0 unspecified atom stereocenters. The van der Waals surface area contributed by atoms with Crippen LogP contribution in [-0.4, -0.2) is 27.9 Å². The molecular weight excluding hydrogens is 272 g/mol. The van der Waals surface area contributed by atoms with Gasteiger partial charge in [0.25, 0.3) is 0 Å². The molecule has 0 heterocycles. The van der Waals surface area contributed by atoms with Gasteiger partial charge in [-0.1, -0.05) is 18.2 Å². The SMILES string of the molecule is O=C(O)c1ccc(O)c(CCCOc2ccccc2)c1O. The van der Waals surface area contributed by atoms with Gasteiger partial charge in [-0.25, -0.2) is 4.79 Å². The van der Waals surface area contributed by atoms with Gasteiger partial charge in [0.05, 0.1) is 6.61 Å². The van der Waals surface area contributed by atoms with Crippen LogP contribution in [0.3, 0.4) is 0 Å². The van der Waals surface area contributed by atoms with Crippen molar-refractivity contribution in [1.82, 2.24) is 0 Å². The first-order valence-corrected chi connectivity index (χ1v) is 6.54. The molecule has 5 nitrogen and oxygen atoms in total. The van der Waals surface area contributed by atoms with Gasteiger partial charge < -0.3 is 20.1 Å². The molecule has 0 aromatic heterocycles. The maximum Gasteiger partial charge on any atom is 0.339 e. The van der Waals surface area contributed by atoms with E-state index >= 15 is 0 Å². The maximum absolute atomic E-state index is 10.9. The lowest BCUT2D eigenvalue weighted by molar-refractivity contribution is 0.0693. The molecular formula is C16H16O5. The van der Waals surface area contributed by atoms with E-state index in [0.29, 0.717) is 19.4 Å². The summed E-state index contributed by atoms with van der Waals surface area (Å²) < 4.78 is 5.51. The Hall–Kier alpha value is -2.69. The molecule has 5 heteroatoms. The van der Waals surface area contributed by atoms with E-state index in [9.17, 15) is 15.0 Å². The van der Waals surface area contributed by atoms with Crippen LogP contribution in [0.2, 0.25) is 0 Å². The summed E-state index contributed by atoms with van der Waals surface area (Å²) in [4.78, 5) is 10.9. The first-order valence-electron chi connectivity index (χ1n) is 6.54. The van der Waals surface area contributed by atoms with Gasteiger partial charge in [0.15, 0.2) is 0 Å². The molecule has 0 atom stereocenters. The second-order valence-electron chi connectivity index (χ2n) is 4.53. The van der Waals surface area contributed by atoms with Gasteiger partial charge in [0.1, 0.15) is 22.8 Å². The van der Waals surface area contributed by atoms with Crippen molar-refractivity contribution < 1.29 is 24.9 Å². The number of aromatic carboxylic acids is 1. The summed E-state index contributed by atoms with van der Waals surface area (Å²) in [7, 11) is 0. The van der Waals surface area contributed by atoms with Gasteiger partial charge in [0.2, 0.25) is 0 Å². The van der Waals surface area contributed by atoms with Crippen LogP contribution < -0.4 is 4.74 Å². The molecule has 0 radical (unpaired) electrons. The third kappa shape index (κ3) is 3.66. The van der Waals surface area contributed by atoms with Crippen LogP contribution >= 0.6 is 0 Å². The molecule has 21 heavy (non-hydrogen) atoms. The van der Waals surface area contributed by atoms with E-state index in [4.69, 9.17) is 9.84 Å². The van der Waals surface area contributed by atoms with E-state index in [-0.39, 0.29) is 22.6 Å². The van der Waals surface area contributed by atoms with Gasteiger partial charge in [-0.2, -0.15) is 0 Å². The van der Waals surface area contributed by atoms with Crippen molar-refractivity contribution in [3.8, 4) is 17.2 Å². The van der Waals surface area contributed by atoms with E-state index in [1.54, 1.807) is 0 Å². The third-order valence-electron chi connectivity index (χ3n) is 3.07. The lowest BCUT2D eigenvalue weighted by Gasteiger charge is -2.10. The number of aromatic hydroxyl groups is 2. The van der Waals surface area contributed by atoms with Crippen molar-refractivity contribution >= 4 is 5.97 Å². The molecule has 0 spiro atoms. The quantitative estimate of drug-likeness (QED) is 0.711. The number of hydrogen-bond acceptors (Lipinski definition) is 4. The number of carboxylic acids is 1. The minimum atomic E-state index is -1.23. The number of ether oxygens (including phenoxy) is 1.